The van der Waals surface area contributed by atoms with Crippen LogP contribution < -0.4 is 10.0 Å². The quantitative estimate of drug-likeness (QED) is 0.481. The molecule has 0 saturated carbocycles. The molecular formula is C22H18F3N3O3S. The summed E-state index contributed by atoms with van der Waals surface area (Å²) in [6, 6.07) is 9.75. The molecule has 1 aliphatic rings. The first-order valence-electron chi connectivity index (χ1n) is 9.48. The predicted octanol–water partition coefficient (Wildman–Crippen LogP) is 4.94. The van der Waals surface area contributed by atoms with Crippen molar-refractivity contribution in [1.29, 1.82) is 0 Å². The fraction of sp³-hybridized carbons (Fsp3) is 0.136. The van der Waals surface area contributed by atoms with Crippen molar-refractivity contribution in [2.24, 2.45) is 0 Å². The molecule has 0 radical (unpaired) electrons. The molecule has 10 heteroatoms. The zero-order valence-electron chi connectivity index (χ0n) is 17.0. The standard InChI is InChI=1S/C22H18F3N3O3S/c1-12-9-13(2)26-20(12)11-18-17-10-16(7-8-19(17)27-21(18)29)32(30,31)28-15-5-3-14(4-6-15)22(23,24)25/h3-11,26,28H,1-2H3,(H,27,29). The molecule has 3 N–H and O–H groups in total. The third kappa shape index (κ3) is 4.13. The van der Waals surface area contributed by atoms with E-state index in [2.05, 4.69) is 15.0 Å². The molecule has 6 nitrogen and oxygen atoms in total. The predicted molar refractivity (Wildman–Crippen MR) is 115 cm³/mol. The van der Waals surface area contributed by atoms with Crippen molar-refractivity contribution in [3.05, 3.63) is 76.6 Å². The van der Waals surface area contributed by atoms with Gasteiger partial charge in [-0.3, -0.25) is 9.52 Å². The van der Waals surface area contributed by atoms with Gasteiger partial charge in [0.2, 0.25) is 0 Å². The van der Waals surface area contributed by atoms with E-state index >= 15 is 0 Å². The van der Waals surface area contributed by atoms with Crippen LogP contribution in [0.4, 0.5) is 24.5 Å². The SMILES string of the molecule is Cc1cc(C)c(C=C2C(=O)Nc3ccc(S(=O)(=O)Nc4ccc(C(F)(F)F)cc4)cc32)[nH]1. The minimum absolute atomic E-state index is 0.0130. The van der Waals surface area contributed by atoms with Crippen molar-refractivity contribution in [1.82, 2.24) is 4.98 Å². The zero-order chi connectivity index (χ0) is 23.3. The number of aromatic nitrogens is 1. The number of H-pyrrole nitrogens is 1. The summed E-state index contributed by atoms with van der Waals surface area (Å²) >= 11 is 0. The lowest BCUT2D eigenvalue weighted by Gasteiger charge is -2.11. The minimum atomic E-state index is -4.52. The number of carbonyl (C=O) groups is 1. The van der Waals surface area contributed by atoms with Gasteiger partial charge in [-0.2, -0.15) is 13.2 Å². The maximum atomic E-state index is 12.8. The van der Waals surface area contributed by atoms with Crippen LogP contribution in [0.3, 0.4) is 0 Å². The fourth-order valence-electron chi connectivity index (χ4n) is 3.46. The average molecular weight is 461 g/mol. The number of fused-ring (bicyclic) bond motifs is 1. The molecule has 166 valence electrons. The highest BCUT2D eigenvalue weighted by molar-refractivity contribution is 7.92. The number of carbonyl (C=O) groups excluding carboxylic acids is 1. The van der Waals surface area contributed by atoms with E-state index < -0.39 is 21.8 Å². The number of rotatable bonds is 4. The zero-order valence-corrected chi connectivity index (χ0v) is 17.8. The molecule has 1 aliphatic heterocycles. The van der Waals surface area contributed by atoms with Crippen LogP contribution in [0.1, 0.15) is 28.1 Å². The lowest BCUT2D eigenvalue weighted by Crippen LogP contribution is -2.13. The Morgan fingerprint density at radius 3 is 2.28 bits per heavy atom. The van der Waals surface area contributed by atoms with Crippen molar-refractivity contribution in [2.45, 2.75) is 24.9 Å². The number of alkyl halides is 3. The number of nitrogens with one attached hydrogen (secondary N) is 3. The lowest BCUT2D eigenvalue weighted by molar-refractivity contribution is -0.137. The summed E-state index contributed by atoms with van der Waals surface area (Å²) in [6.45, 7) is 3.77. The average Bonchev–Trinajstić information content (AvgIpc) is 3.18. The third-order valence-corrected chi connectivity index (χ3v) is 6.41. The molecule has 0 aliphatic carbocycles. The molecule has 2 aromatic carbocycles. The van der Waals surface area contributed by atoms with Gasteiger partial charge in [-0.1, -0.05) is 0 Å². The van der Waals surface area contributed by atoms with Crippen LogP contribution in [0.5, 0.6) is 0 Å². The van der Waals surface area contributed by atoms with E-state index in [0.717, 1.165) is 41.2 Å². The second-order valence-corrected chi connectivity index (χ2v) is 9.13. The number of aromatic amines is 1. The topological polar surface area (TPSA) is 91.1 Å². The summed E-state index contributed by atoms with van der Waals surface area (Å²) in [5, 5.41) is 2.70. The molecule has 0 spiro atoms. The number of anilines is 2. The van der Waals surface area contributed by atoms with Crippen LogP contribution in [-0.4, -0.2) is 19.3 Å². The Labute approximate surface area is 182 Å². The van der Waals surface area contributed by atoms with E-state index in [1.165, 1.54) is 18.2 Å². The highest BCUT2D eigenvalue weighted by atomic mass is 32.2. The largest absolute Gasteiger partial charge is 0.416 e. The maximum Gasteiger partial charge on any atom is 0.416 e. The van der Waals surface area contributed by atoms with Gasteiger partial charge in [0.15, 0.2) is 0 Å². The van der Waals surface area contributed by atoms with Crippen LogP contribution >= 0.6 is 0 Å². The first kappa shape index (κ1) is 21.7. The highest BCUT2D eigenvalue weighted by Crippen LogP contribution is 2.36. The summed E-state index contributed by atoms with van der Waals surface area (Å²) in [6.07, 6.45) is -2.86. The van der Waals surface area contributed by atoms with Crippen LogP contribution in [0.25, 0.3) is 11.6 Å². The Kier molecular flexibility index (Phi) is 5.12. The molecule has 0 saturated heterocycles. The van der Waals surface area contributed by atoms with Crippen molar-refractivity contribution in [3.63, 3.8) is 0 Å². The molecule has 32 heavy (non-hydrogen) atoms. The van der Waals surface area contributed by atoms with Gasteiger partial charge in [0, 0.05) is 28.3 Å². The van der Waals surface area contributed by atoms with Crippen LogP contribution in [0, 0.1) is 13.8 Å². The van der Waals surface area contributed by atoms with Gasteiger partial charge in [-0.25, -0.2) is 8.42 Å². The van der Waals surface area contributed by atoms with Gasteiger partial charge in [-0.15, -0.1) is 0 Å². The van der Waals surface area contributed by atoms with Gasteiger partial charge in [0.25, 0.3) is 15.9 Å². The molecule has 0 fully saturated rings. The number of aryl methyl sites for hydroxylation is 2. The molecule has 1 aromatic heterocycles. The van der Waals surface area contributed by atoms with Gasteiger partial charge in [-0.05, 0) is 74.0 Å². The van der Waals surface area contributed by atoms with E-state index in [9.17, 15) is 26.4 Å². The van der Waals surface area contributed by atoms with E-state index in [0.29, 0.717) is 16.8 Å². The Morgan fingerprint density at radius 1 is 1.00 bits per heavy atom. The number of hydrogen-bond donors (Lipinski definition) is 3. The first-order valence-corrected chi connectivity index (χ1v) is 11.0. The Bertz CT molecular complexity index is 1360. The number of hydrogen-bond acceptors (Lipinski definition) is 3. The number of halogens is 3. The normalized spacial score (nSPS) is 15.0. The molecule has 0 atom stereocenters. The molecular weight excluding hydrogens is 443 g/mol. The van der Waals surface area contributed by atoms with E-state index in [-0.39, 0.29) is 16.5 Å². The van der Waals surface area contributed by atoms with Gasteiger partial charge in [0.1, 0.15) is 0 Å². The van der Waals surface area contributed by atoms with Crippen LogP contribution in [-0.2, 0) is 21.0 Å². The van der Waals surface area contributed by atoms with Crippen LogP contribution in [0.15, 0.2) is 53.4 Å². The smallest absolute Gasteiger partial charge is 0.359 e. The van der Waals surface area contributed by atoms with Crippen molar-refractivity contribution < 1.29 is 26.4 Å². The Hall–Kier alpha value is -3.53. The summed E-state index contributed by atoms with van der Waals surface area (Å²) in [4.78, 5) is 15.5. The summed E-state index contributed by atoms with van der Waals surface area (Å²) in [7, 11) is -4.11. The Balaban J connectivity index is 1.67. The first-order chi connectivity index (χ1) is 14.9. The highest BCUT2D eigenvalue weighted by Gasteiger charge is 2.30. The van der Waals surface area contributed by atoms with Gasteiger partial charge in [0.05, 0.1) is 16.0 Å². The van der Waals surface area contributed by atoms with Gasteiger partial charge >= 0.3 is 6.18 Å². The summed E-state index contributed by atoms with van der Waals surface area (Å²) in [5.41, 5.74) is 2.88. The minimum Gasteiger partial charge on any atom is -0.359 e. The molecule has 3 aromatic rings. The molecule has 2 heterocycles. The maximum absolute atomic E-state index is 12.8. The van der Waals surface area contributed by atoms with Crippen molar-refractivity contribution in [2.75, 3.05) is 10.0 Å². The molecule has 1 amide bonds. The van der Waals surface area contributed by atoms with E-state index in [1.807, 2.05) is 19.9 Å². The van der Waals surface area contributed by atoms with Crippen LogP contribution in [0.2, 0.25) is 0 Å². The van der Waals surface area contributed by atoms with Crippen molar-refractivity contribution >= 4 is 39.0 Å². The Morgan fingerprint density at radius 2 is 1.69 bits per heavy atom. The molecule has 0 unspecified atom stereocenters. The second kappa shape index (κ2) is 7.56. The number of sulfonamides is 1. The number of benzene rings is 2. The van der Waals surface area contributed by atoms with Gasteiger partial charge < -0.3 is 10.3 Å². The third-order valence-electron chi connectivity index (χ3n) is 5.03. The molecule has 0 bridgehead atoms. The lowest BCUT2D eigenvalue weighted by atomic mass is 10.1. The number of amides is 1. The summed E-state index contributed by atoms with van der Waals surface area (Å²) < 4.78 is 66.1. The fourth-order valence-corrected chi connectivity index (χ4v) is 4.55. The van der Waals surface area contributed by atoms with E-state index in [4.69, 9.17) is 0 Å². The van der Waals surface area contributed by atoms with E-state index in [1.54, 1.807) is 6.08 Å². The van der Waals surface area contributed by atoms with Crippen molar-refractivity contribution in [3.8, 4) is 0 Å². The monoisotopic (exact) mass is 461 g/mol. The molecule has 4 rings (SSSR count). The summed E-state index contributed by atoms with van der Waals surface area (Å²) in [5.74, 6) is -0.364. The second-order valence-electron chi connectivity index (χ2n) is 7.45.